The zero-order chi connectivity index (χ0) is 22.6. The monoisotopic (exact) mass is 440 g/mol. The van der Waals surface area contributed by atoms with Gasteiger partial charge in [-0.15, -0.1) is 0 Å². The van der Waals surface area contributed by atoms with Gasteiger partial charge in [-0.05, 0) is 74.2 Å². The second kappa shape index (κ2) is 7.22. The summed E-state index contributed by atoms with van der Waals surface area (Å²) in [5.41, 5.74) is 1.17. The highest BCUT2D eigenvalue weighted by Gasteiger charge is 2.50. The third-order valence-electron chi connectivity index (χ3n) is 6.13. The van der Waals surface area contributed by atoms with Crippen molar-refractivity contribution in [2.45, 2.75) is 38.3 Å². The highest BCUT2D eigenvalue weighted by atomic mass is 19.1. The molecule has 1 aliphatic carbocycles. The van der Waals surface area contributed by atoms with Crippen molar-refractivity contribution in [3.63, 3.8) is 0 Å². The fourth-order valence-electron chi connectivity index (χ4n) is 4.49. The molecular weight excluding hydrogens is 421 g/mol. The van der Waals surface area contributed by atoms with Gasteiger partial charge in [0.25, 0.3) is 5.91 Å². The Morgan fingerprint density at radius 1 is 1.03 bits per heavy atom. The highest BCUT2D eigenvalue weighted by Crippen LogP contribution is 2.34. The number of carbonyl (C=O) groups is 2. The largest absolute Gasteiger partial charge is 0.325 e. The van der Waals surface area contributed by atoms with E-state index < -0.39 is 29.1 Å². The molecule has 5 rings (SSSR count). The van der Waals surface area contributed by atoms with Crippen molar-refractivity contribution < 1.29 is 22.8 Å². The summed E-state index contributed by atoms with van der Waals surface area (Å²) in [6, 6.07) is 8.00. The van der Waals surface area contributed by atoms with Crippen LogP contribution >= 0.6 is 0 Å². The lowest BCUT2D eigenvalue weighted by Gasteiger charge is -2.22. The number of aromatic nitrogens is 2. The number of benzene rings is 2. The van der Waals surface area contributed by atoms with Gasteiger partial charge in [0.05, 0.1) is 17.9 Å². The Bertz CT molecular complexity index is 1250. The first-order chi connectivity index (χ1) is 15.3. The molecule has 1 aliphatic heterocycles. The van der Waals surface area contributed by atoms with Crippen LogP contribution in [0.5, 0.6) is 0 Å². The molecule has 1 fully saturated rings. The lowest BCUT2D eigenvalue weighted by atomic mass is 9.91. The second-order valence-electron chi connectivity index (χ2n) is 8.18. The Morgan fingerprint density at radius 2 is 1.75 bits per heavy atom. The summed E-state index contributed by atoms with van der Waals surface area (Å²) in [5, 5.41) is 7.10. The number of halogens is 3. The van der Waals surface area contributed by atoms with Crippen LogP contribution in [0.3, 0.4) is 0 Å². The molecule has 2 aliphatic rings. The fourth-order valence-corrected chi connectivity index (χ4v) is 4.49. The fraction of sp³-hybridized carbons (Fsp3) is 0.261. The van der Waals surface area contributed by atoms with Crippen LogP contribution in [0.4, 0.5) is 18.0 Å². The molecule has 3 aromatic rings. The lowest BCUT2D eigenvalue weighted by Crippen LogP contribution is -2.41. The third kappa shape index (κ3) is 3.07. The zero-order valence-corrected chi connectivity index (χ0v) is 17.2. The molecule has 6 nitrogen and oxygen atoms in total. The van der Waals surface area contributed by atoms with E-state index in [0.717, 1.165) is 53.6 Å². The van der Waals surface area contributed by atoms with E-state index in [1.807, 2.05) is 0 Å². The Balaban J connectivity index is 1.49. The summed E-state index contributed by atoms with van der Waals surface area (Å²) in [4.78, 5) is 26.9. The number of rotatable bonds is 4. The minimum Gasteiger partial charge on any atom is -0.319 e. The van der Waals surface area contributed by atoms with Gasteiger partial charge in [0.15, 0.2) is 0 Å². The van der Waals surface area contributed by atoms with E-state index in [2.05, 4.69) is 10.4 Å². The minimum absolute atomic E-state index is 0.103. The molecule has 1 N–H and O–H groups in total. The van der Waals surface area contributed by atoms with Crippen molar-refractivity contribution in [2.24, 2.45) is 0 Å². The quantitative estimate of drug-likeness (QED) is 0.629. The topological polar surface area (TPSA) is 67.2 Å². The molecule has 0 bridgehead atoms. The van der Waals surface area contributed by atoms with Crippen LogP contribution in [-0.4, -0.2) is 26.6 Å². The number of amides is 3. The Kier molecular flexibility index (Phi) is 4.58. The molecule has 2 aromatic carbocycles. The molecule has 1 aromatic heterocycles. The molecule has 3 amide bonds. The molecule has 0 radical (unpaired) electrons. The van der Waals surface area contributed by atoms with E-state index in [9.17, 15) is 22.8 Å². The summed E-state index contributed by atoms with van der Waals surface area (Å²) in [5.74, 6) is -2.54. The van der Waals surface area contributed by atoms with Crippen LogP contribution in [0.25, 0.3) is 5.69 Å². The van der Waals surface area contributed by atoms with E-state index in [4.69, 9.17) is 0 Å². The van der Waals surface area contributed by atoms with Gasteiger partial charge in [-0.2, -0.15) is 5.10 Å². The number of hydrogen-bond donors (Lipinski definition) is 1. The van der Waals surface area contributed by atoms with Crippen LogP contribution in [0, 0.1) is 17.5 Å². The van der Waals surface area contributed by atoms with Crippen molar-refractivity contribution in [2.75, 3.05) is 0 Å². The molecule has 1 saturated heterocycles. The molecule has 9 heteroatoms. The summed E-state index contributed by atoms with van der Waals surface area (Å²) in [6.45, 7) is 1.25. The first-order valence-electron chi connectivity index (χ1n) is 10.2. The van der Waals surface area contributed by atoms with Gasteiger partial charge in [-0.3, -0.25) is 9.69 Å². The van der Waals surface area contributed by atoms with Gasteiger partial charge in [-0.25, -0.2) is 22.6 Å². The number of urea groups is 1. The van der Waals surface area contributed by atoms with Gasteiger partial charge >= 0.3 is 6.03 Å². The maximum atomic E-state index is 14.4. The number of nitrogens with zero attached hydrogens (tertiary/aromatic N) is 3. The zero-order valence-electron chi connectivity index (χ0n) is 17.2. The van der Waals surface area contributed by atoms with Crippen molar-refractivity contribution >= 4 is 11.9 Å². The maximum Gasteiger partial charge on any atom is 0.325 e. The number of hydrogen-bond acceptors (Lipinski definition) is 3. The second-order valence-corrected chi connectivity index (χ2v) is 8.18. The Morgan fingerprint density at radius 3 is 2.50 bits per heavy atom. The van der Waals surface area contributed by atoms with E-state index in [-0.39, 0.29) is 17.9 Å². The van der Waals surface area contributed by atoms with E-state index in [1.54, 1.807) is 16.8 Å². The number of imide groups is 1. The smallest absolute Gasteiger partial charge is 0.319 e. The average Bonchev–Trinajstić information content (AvgIpc) is 3.42. The van der Waals surface area contributed by atoms with Crippen LogP contribution in [-0.2, 0) is 29.7 Å². The minimum atomic E-state index is -1.73. The molecule has 0 saturated carbocycles. The molecule has 1 atom stereocenters. The van der Waals surface area contributed by atoms with E-state index in [0.29, 0.717) is 11.4 Å². The SMILES string of the molecule is C[C@]1(c2cc(F)ccc2F)NC(=O)N(Cc2nn(-c3ccc(F)cc3)c3c2CCC3)C1=O. The van der Waals surface area contributed by atoms with Crippen molar-refractivity contribution in [1.29, 1.82) is 0 Å². The predicted octanol–water partition coefficient (Wildman–Crippen LogP) is 3.75. The summed E-state index contributed by atoms with van der Waals surface area (Å²) in [6.07, 6.45) is 2.41. The van der Waals surface area contributed by atoms with Gasteiger partial charge in [0.1, 0.15) is 23.0 Å². The Hall–Kier alpha value is -3.62. The van der Waals surface area contributed by atoms with Gasteiger partial charge in [0.2, 0.25) is 0 Å². The van der Waals surface area contributed by atoms with Gasteiger partial charge < -0.3 is 5.32 Å². The lowest BCUT2D eigenvalue weighted by molar-refractivity contribution is -0.131. The van der Waals surface area contributed by atoms with Crippen molar-refractivity contribution in [1.82, 2.24) is 20.0 Å². The van der Waals surface area contributed by atoms with E-state index in [1.165, 1.54) is 19.1 Å². The van der Waals surface area contributed by atoms with Crippen LogP contribution in [0.1, 0.15) is 35.9 Å². The number of fused-ring (bicyclic) bond motifs is 1. The number of nitrogens with one attached hydrogen (secondary N) is 1. The summed E-state index contributed by atoms with van der Waals surface area (Å²) < 4.78 is 43.2. The molecular formula is C23H19F3N4O2. The molecule has 164 valence electrons. The number of carbonyl (C=O) groups excluding carboxylic acids is 2. The normalized spacial score (nSPS) is 20.1. The first-order valence-corrected chi connectivity index (χ1v) is 10.2. The molecule has 0 unspecified atom stereocenters. The Labute approximate surface area is 181 Å². The van der Waals surface area contributed by atoms with Crippen molar-refractivity contribution in [3.8, 4) is 5.69 Å². The summed E-state index contributed by atoms with van der Waals surface area (Å²) in [7, 11) is 0. The third-order valence-corrected chi connectivity index (χ3v) is 6.13. The van der Waals surface area contributed by atoms with Crippen LogP contribution in [0.15, 0.2) is 42.5 Å². The van der Waals surface area contributed by atoms with E-state index >= 15 is 0 Å². The molecule has 0 spiro atoms. The first kappa shape index (κ1) is 20.3. The maximum absolute atomic E-state index is 14.4. The molecule has 2 heterocycles. The average molecular weight is 440 g/mol. The standard InChI is InChI=1S/C23H19F3N4O2/c1-23(17-11-14(25)7-10-18(17)26)21(31)29(22(32)27-23)12-19-16-3-2-4-20(16)30(28-19)15-8-5-13(24)6-9-15/h5-11H,2-4,12H2,1H3,(H,27,32)/t23-/m1/s1. The predicted molar refractivity (Wildman–Crippen MR) is 108 cm³/mol. The van der Waals surface area contributed by atoms with Gasteiger partial charge in [0, 0.05) is 11.3 Å². The van der Waals surface area contributed by atoms with Crippen molar-refractivity contribution in [3.05, 3.63) is 82.4 Å². The summed E-state index contributed by atoms with van der Waals surface area (Å²) >= 11 is 0. The van der Waals surface area contributed by atoms with Gasteiger partial charge in [-0.1, -0.05) is 0 Å². The van der Waals surface area contributed by atoms with Crippen LogP contribution in [0.2, 0.25) is 0 Å². The van der Waals surface area contributed by atoms with Crippen LogP contribution < -0.4 is 5.32 Å². The highest BCUT2D eigenvalue weighted by molar-refractivity contribution is 6.07. The molecule has 32 heavy (non-hydrogen) atoms.